The molecule has 0 spiro atoms. The number of benzene rings is 1. The molecule has 0 radical (unpaired) electrons. The van der Waals surface area contributed by atoms with E-state index in [1.807, 2.05) is 23.1 Å². The highest BCUT2D eigenvalue weighted by molar-refractivity contribution is 6.00. The Kier molecular flexibility index (Phi) is 5.07. The first kappa shape index (κ1) is 20.9. The zero-order chi connectivity index (χ0) is 22.6. The lowest BCUT2D eigenvalue weighted by Crippen LogP contribution is -2.56. The average molecular weight is 447 g/mol. The SMILES string of the molecule is C[C@H](NC(=O)C[C@@H](C(=O)N1CCc2ccccc21)n1ccnc1)C12CC3CC(CC(C3)C1)C2. The summed E-state index contributed by atoms with van der Waals surface area (Å²) in [6.45, 7) is 2.87. The second kappa shape index (κ2) is 8.00. The first-order valence-electron chi connectivity index (χ1n) is 12.7. The molecule has 174 valence electrons. The van der Waals surface area contributed by atoms with Crippen molar-refractivity contribution in [1.82, 2.24) is 14.9 Å². The van der Waals surface area contributed by atoms with Gasteiger partial charge in [-0.25, -0.2) is 4.98 Å². The van der Waals surface area contributed by atoms with E-state index in [1.165, 1.54) is 44.1 Å². The molecule has 7 rings (SSSR count). The van der Waals surface area contributed by atoms with Crippen molar-refractivity contribution in [2.45, 2.75) is 70.4 Å². The van der Waals surface area contributed by atoms with Crippen molar-refractivity contribution in [3.8, 4) is 0 Å². The van der Waals surface area contributed by atoms with Gasteiger partial charge in [0, 0.05) is 30.7 Å². The monoisotopic (exact) mass is 446 g/mol. The molecular formula is C27H34N4O2. The van der Waals surface area contributed by atoms with Crippen LogP contribution in [0.15, 0.2) is 43.0 Å². The van der Waals surface area contributed by atoms with Gasteiger partial charge in [0.1, 0.15) is 6.04 Å². The van der Waals surface area contributed by atoms with Gasteiger partial charge >= 0.3 is 0 Å². The predicted octanol–water partition coefficient (Wildman–Crippen LogP) is 4.12. The summed E-state index contributed by atoms with van der Waals surface area (Å²) in [4.78, 5) is 32.9. The summed E-state index contributed by atoms with van der Waals surface area (Å²) in [5, 5.41) is 3.35. The summed E-state index contributed by atoms with van der Waals surface area (Å²) in [7, 11) is 0. The molecule has 1 aromatic heterocycles. The molecule has 0 saturated heterocycles. The second-order valence-electron chi connectivity index (χ2n) is 11.2. The lowest BCUT2D eigenvalue weighted by atomic mass is 9.48. The molecule has 4 saturated carbocycles. The van der Waals surface area contributed by atoms with Crippen molar-refractivity contribution in [3.05, 3.63) is 48.5 Å². The lowest BCUT2D eigenvalue weighted by Gasteiger charge is -2.59. The van der Waals surface area contributed by atoms with Gasteiger partial charge in [0.05, 0.1) is 12.7 Å². The Balaban J connectivity index is 1.18. The zero-order valence-electron chi connectivity index (χ0n) is 19.5. The van der Waals surface area contributed by atoms with Gasteiger partial charge in [0.15, 0.2) is 0 Å². The molecule has 0 unspecified atom stereocenters. The van der Waals surface area contributed by atoms with Gasteiger partial charge in [-0.05, 0) is 86.7 Å². The van der Waals surface area contributed by atoms with Gasteiger partial charge in [0.25, 0.3) is 5.91 Å². The van der Waals surface area contributed by atoms with E-state index in [0.29, 0.717) is 6.54 Å². The Bertz CT molecular complexity index is 1010. The molecule has 4 aliphatic carbocycles. The maximum absolute atomic E-state index is 13.6. The van der Waals surface area contributed by atoms with Crippen LogP contribution in [-0.4, -0.2) is 34.0 Å². The van der Waals surface area contributed by atoms with Crippen molar-refractivity contribution >= 4 is 17.5 Å². The number of hydrogen-bond acceptors (Lipinski definition) is 3. The molecule has 2 aromatic rings. The lowest BCUT2D eigenvalue weighted by molar-refractivity contribution is -0.130. The molecule has 5 aliphatic rings. The minimum absolute atomic E-state index is 0.0298. The van der Waals surface area contributed by atoms with Crippen LogP contribution in [0.2, 0.25) is 0 Å². The van der Waals surface area contributed by atoms with Gasteiger partial charge in [-0.1, -0.05) is 18.2 Å². The van der Waals surface area contributed by atoms with E-state index in [4.69, 9.17) is 0 Å². The maximum Gasteiger partial charge on any atom is 0.250 e. The number of para-hydroxylation sites is 1. The predicted molar refractivity (Wildman–Crippen MR) is 127 cm³/mol. The summed E-state index contributed by atoms with van der Waals surface area (Å²) in [6.07, 6.45) is 14.1. The number of carbonyl (C=O) groups excluding carboxylic acids is 2. The molecule has 1 N–H and O–H groups in total. The molecule has 6 nitrogen and oxygen atoms in total. The van der Waals surface area contributed by atoms with Crippen LogP contribution in [0.25, 0.3) is 0 Å². The highest BCUT2D eigenvalue weighted by atomic mass is 16.2. The number of imidazole rings is 1. The van der Waals surface area contributed by atoms with Gasteiger partial charge in [0.2, 0.25) is 5.91 Å². The maximum atomic E-state index is 13.6. The van der Waals surface area contributed by atoms with E-state index < -0.39 is 6.04 Å². The summed E-state index contributed by atoms with van der Waals surface area (Å²) in [5.74, 6) is 2.50. The molecule has 4 bridgehead atoms. The van der Waals surface area contributed by atoms with Crippen LogP contribution in [0.3, 0.4) is 0 Å². The Labute approximate surface area is 195 Å². The number of hydrogen-bond donors (Lipinski definition) is 1. The van der Waals surface area contributed by atoms with Crippen LogP contribution >= 0.6 is 0 Å². The second-order valence-corrected chi connectivity index (χ2v) is 11.2. The van der Waals surface area contributed by atoms with E-state index in [-0.39, 0.29) is 29.7 Å². The molecule has 2 atom stereocenters. The van der Waals surface area contributed by atoms with Crippen LogP contribution in [0.5, 0.6) is 0 Å². The Morgan fingerprint density at radius 1 is 1.12 bits per heavy atom. The number of aromatic nitrogens is 2. The smallest absolute Gasteiger partial charge is 0.250 e. The highest BCUT2D eigenvalue weighted by Gasteiger charge is 2.53. The number of anilines is 1. The largest absolute Gasteiger partial charge is 0.353 e. The summed E-state index contributed by atoms with van der Waals surface area (Å²) in [5.41, 5.74) is 2.41. The molecule has 2 amide bonds. The molecule has 6 heteroatoms. The topological polar surface area (TPSA) is 67.2 Å². The number of nitrogens with one attached hydrogen (secondary N) is 1. The van der Waals surface area contributed by atoms with Crippen LogP contribution in [0, 0.1) is 23.2 Å². The van der Waals surface area contributed by atoms with E-state index >= 15 is 0 Å². The molecule has 33 heavy (non-hydrogen) atoms. The standard InChI is InChI=1S/C27H34N4O2/c1-18(27-14-19-10-20(15-27)12-21(11-19)16-27)29-25(32)13-24(30-9-7-28-17-30)26(33)31-8-6-22-4-2-3-5-23(22)31/h2-5,7,9,17-21,24H,6,8,10-16H2,1H3,(H,29,32)/t18-,19?,20?,21?,24-,27?/m0/s1. The van der Waals surface area contributed by atoms with Crippen molar-refractivity contribution in [3.63, 3.8) is 0 Å². The molecule has 2 heterocycles. The van der Waals surface area contributed by atoms with Crippen molar-refractivity contribution in [2.24, 2.45) is 23.2 Å². The van der Waals surface area contributed by atoms with Crippen molar-refractivity contribution in [2.75, 3.05) is 11.4 Å². The zero-order valence-corrected chi connectivity index (χ0v) is 19.5. The quantitative estimate of drug-likeness (QED) is 0.726. The third-order valence-corrected chi connectivity index (χ3v) is 9.08. The third kappa shape index (κ3) is 3.68. The van der Waals surface area contributed by atoms with E-state index in [2.05, 4.69) is 23.3 Å². The Morgan fingerprint density at radius 3 is 2.48 bits per heavy atom. The minimum atomic E-state index is -0.581. The number of carbonyl (C=O) groups is 2. The summed E-state index contributed by atoms with van der Waals surface area (Å²) < 4.78 is 1.79. The summed E-state index contributed by atoms with van der Waals surface area (Å²) in [6, 6.07) is 7.64. The fraction of sp³-hybridized carbons (Fsp3) is 0.593. The van der Waals surface area contributed by atoms with Gasteiger partial charge < -0.3 is 14.8 Å². The Morgan fingerprint density at radius 2 is 1.82 bits per heavy atom. The number of rotatable bonds is 6. The van der Waals surface area contributed by atoms with Crippen LogP contribution in [-0.2, 0) is 16.0 Å². The van der Waals surface area contributed by atoms with Gasteiger partial charge in [-0.15, -0.1) is 0 Å². The molecule has 1 aromatic carbocycles. The minimum Gasteiger partial charge on any atom is -0.353 e. The highest BCUT2D eigenvalue weighted by Crippen LogP contribution is 2.61. The van der Waals surface area contributed by atoms with Crippen molar-refractivity contribution in [1.29, 1.82) is 0 Å². The number of amides is 2. The summed E-state index contributed by atoms with van der Waals surface area (Å²) >= 11 is 0. The first-order chi connectivity index (χ1) is 16.0. The van der Waals surface area contributed by atoms with Crippen LogP contribution < -0.4 is 10.2 Å². The molecule has 4 fully saturated rings. The van der Waals surface area contributed by atoms with E-state index in [9.17, 15) is 9.59 Å². The average Bonchev–Trinajstić information content (AvgIpc) is 3.46. The van der Waals surface area contributed by atoms with Gasteiger partial charge in [-0.2, -0.15) is 0 Å². The molecular weight excluding hydrogens is 412 g/mol. The van der Waals surface area contributed by atoms with Gasteiger partial charge in [-0.3, -0.25) is 9.59 Å². The Hall–Kier alpha value is -2.63. The normalized spacial score (nSPS) is 31.3. The fourth-order valence-corrected chi connectivity index (χ4v) is 7.86. The fourth-order valence-electron chi connectivity index (χ4n) is 7.86. The van der Waals surface area contributed by atoms with E-state index in [0.717, 1.165) is 29.9 Å². The number of fused-ring (bicyclic) bond motifs is 1. The third-order valence-electron chi connectivity index (χ3n) is 9.08. The van der Waals surface area contributed by atoms with E-state index in [1.54, 1.807) is 23.3 Å². The number of nitrogens with zero attached hydrogens (tertiary/aromatic N) is 3. The molecule has 1 aliphatic heterocycles. The van der Waals surface area contributed by atoms with Crippen LogP contribution in [0.4, 0.5) is 5.69 Å². The van der Waals surface area contributed by atoms with Crippen molar-refractivity contribution < 1.29 is 9.59 Å². The van der Waals surface area contributed by atoms with Crippen LogP contribution in [0.1, 0.15) is 63.5 Å². The first-order valence-corrected chi connectivity index (χ1v) is 12.7.